The maximum atomic E-state index is 9.04. The van der Waals surface area contributed by atoms with Crippen molar-refractivity contribution in [3.63, 3.8) is 0 Å². The van der Waals surface area contributed by atoms with Crippen LogP contribution in [0.5, 0.6) is 0 Å². The lowest BCUT2D eigenvalue weighted by atomic mass is 9.94. The topological polar surface area (TPSA) is 23.8 Å². The molecule has 0 aliphatic rings. The van der Waals surface area contributed by atoms with E-state index in [1.807, 2.05) is 0 Å². The van der Waals surface area contributed by atoms with Gasteiger partial charge in [0.2, 0.25) is 0 Å². The van der Waals surface area contributed by atoms with Gasteiger partial charge in [-0.05, 0) is 36.5 Å². The molecule has 0 amide bonds. The predicted molar refractivity (Wildman–Crippen MR) is 54.7 cm³/mol. The van der Waals surface area contributed by atoms with Crippen LogP contribution in [0, 0.1) is 18.3 Å². The number of hydrogen-bond donors (Lipinski definition) is 0. The molecule has 0 N–H and O–H groups in total. The minimum Gasteiger partial charge on any atom is -0.192 e. The molecule has 0 atom stereocenters. The summed E-state index contributed by atoms with van der Waals surface area (Å²) in [5.41, 5.74) is 4.51. The SMILES string of the molecule is CCc1ccc(C)c(CC)c1C#N. The highest BCUT2D eigenvalue weighted by Gasteiger charge is 2.07. The van der Waals surface area contributed by atoms with E-state index in [4.69, 9.17) is 5.26 Å². The Kier molecular flexibility index (Phi) is 3.08. The Labute approximate surface area is 80.0 Å². The molecule has 0 unspecified atom stereocenters. The number of benzene rings is 1. The Hall–Kier alpha value is -1.29. The van der Waals surface area contributed by atoms with Crippen molar-refractivity contribution in [2.24, 2.45) is 0 Å². The average molecular weight is 173 g/mol. The molecule has 1 rings (SSSR count). The van der Waals surface area contributed by atoms with Crippen molar-refractivity contribution in [3.8, 4) is 6.07 Å². The van der Waals surface area contributed by atoms with Gasteiger partial charge < -0.3 is 0 Å². The Bertz CT molecular complexity index is 345. The molecule has 0 aromatic heterocycles. The van der Waals surface area contributed by atoms with Crippen LogP contribution < -0.4 is 0 Å². The summed E-state index contributed by atoms with van der Waals surface area (Å²) >= 11 is 0. The largest absolute Gasteiger partial charge is 0.192 e. The second kappa shape index (κ2) is 4.09. The molecule has 13 heavy (non-hydrogen) atoms. The molecule has 1 heteroatoms. The van der Waals surface area contributed by atoms with Gasteiger partial charge in [-0.1, -0.05) is 26.0 Å². The normalized spacial score (nSPS) is 9.69. The number of aryl methyl sites for hydroxylation is 2. The van der Waals surface area contributed by atoms with Crippen LogP contribution in [-0.4, -0.2) is 0 Å². The van der Waals surface area contributed by atoms with Gasteiger partial charge in [0.15, 0.2) is 0 Å². The molecule has 0 heterocycles. The standard InChI is InChI=1S/C12H15N/c1-4-10-7-6-9(3)11(5-2)12(10)8-13/h6-7H,4-5H2,1-3H3. The number of rotatable bonds is 2. The summed E-state index contributed by atoms with van der Waals surface area (Å²) in [6.45, 7) is 6.26. The van der Waals surface area contributed by atoms with Gasteiger partial charge in [0.1, 0.15) is 0 Å². The maximum Gasteiger partial charge on any atom is 0.0997 e. The van der Waals surface area contributed by atoms with Gasteiger partial charge in [0.05, 0.1) is 11.6 Å². The minimum absolute atomic E-state index is 0.894. The highest BCUT2D eigenvalue weighted by atomic mass is 14.3. The highest BCUT2D eigenvalue weighted by molar-refractivity contribution is 5.48. The van der Waals surface area contributed by atoms with Crippen LogP contribution in [0.2, 0.25) is 0 Å². The fraction of sp³-hybridized carbons (Fsp3) is 0.417. The van der Waals surface area contributed by atoms with Crippen molar-refractivity contribution in [2.75, 3.05) is 0 Å². The van der Waals surface area contributed by atoms with Crippen molar-refractivity contribution < 1.29 is 0 Å². The van der Waals surface area contributed by atoms with Crippen molar-refractivity contribution in [3.05, 3.63) is 34.4 Å². The molecule has 0 saturated heterocycles. The molecular weight excluding hydrogens is 158 g/mol. The lowest BCUT2D eigenvalue weighted by Crippen LogP contribution is -1.97. The second-order valence-electron chi connectivity index (χ2n) is 3.21. The first-order chi connectivity index (χ1) is 6.24. The molecular formula is C12H15N. The van der Waals surface area contributed by atoms with Crippen LogP contribution in [0.25, 0.3) is 0 Å². The van der Waals surface area contributed by atoms with Crippen LogP contribution in [0.3, 0.4) is 0 Å². The van der Waals surface area contributed by atoms with E-state index >= 15 is 0 Å². The van der Waals surface area contributed by atoms with Crippen LogP contribution >= 0.6 is 0 Å². The van der Waals surface area contributed by atoms with Crippen LogP contribution in [0.4, 0.5) is 0 Å². The summed E-state index contributed by atoms with van der Waals surface area (Å²) < 4.78 is 0. The first-order valence-corrected chi connectivity index (χ1v) is 4.76. The molecule has 1 aromatic rings. The van der Waals surface area contributed by atoms with Crippen LogP contribution in [-0.2, 0) is 12.8 Å². The molecule has 1 aromatic carbocycles. The highest BCUT2D eigenvalue weighted by Crippen LogP contribution is 2.19. The zero-order valence-electron chi connectivity index (χ0n) is 8.52. The van der Waals surface area contributed by atoms with Crippen molar-refractivity contribution in [1.29, 1.82) is 5.26 Å². The maximum absolute atomic E-state index is 9.04. The minimum atomic E-state index is 0.894. The summed E-state index contributed by atoms with van der Waals surface area (Å²) in [5, 5.41) is 9.04. The van der Waals surface area contributed by atoms with Gasteiger partial charge in [-0.15, -0.1) is 0 Å². The van der Waals surface area contributed by atoms with E-state index in [1.165, 1.54) is 16.7 Å². The van der Waals surface area contributed by atoms with E-state index in [0.717, 1.165) is 18.4 Å². The summed E-state index contributed by atoms with van der Waals surface area (Å²) in [5.74, 6) is 0. The van der Waals surface area contributed by atoms with Crippen molar-refractivity contribution in [2.45, 2.75) is 33.6 Å². The number of nitrogens with zero attached hydrogens (tertiary/aromatic N) is 1. The van der Waals surface area contributed by atoms with Gasteiger partial charge in [0.25, 0.3) is 0 Å². The molecule has 0 spiro atoms. The monoisotopic (exact) mass is 173 g/mol. The third-order valence-electron chi connectivity index (χ3n) is 2.48. The molecule has 0 bridgehead atoms. The zero-order chi connectivity index (χ0) is 9.84. The first kappa shape index (κ1) is 9.80. The van der Waals surface area contributed by atoms with Crippen molar-refractivity contribution >= 4 is 0 Å². The summed E-state index contributed by atoms with van der Waals surface area (Å²) in [6, 6.07) is 6.48. The van der Waals surface area contributed by atoms with E-state index < -0.39 is 0 Å². The van der Waals surface area contributed by atoms with Gasteiger partial charge in [-0.3, -0.25) is 0 Å². The fourth-order valence-electron chi connectivity index (χ4n) is 1.69. The Morgan fingerprint density at radius 1 is 1.23 bits per heavy atom. The third-order valence-corrected chi connectivity index (χ3v) is 2.48. The molecule has 0 fully saturated rings. The first-order valence-electron chi connectivity index (χ1n) is 4.76. The summed E-state index contributed by atoms with van der Waals surface area (Å²) in [7, 11) is 0. The van der Waals surface area contributed by atoms with Crippen molar-refractivity contribution in [1.82, 2.24) is 0 Å². The van der Waals surface area contributed by atoms with Gasteiger partial charge in [-0.2, -0.15) is 5.26 Å². The van der Waals surface area contributed by atoms with E-state index in [9.17, 15) is 0 Å². The molecule has 0 aliphatic carbocycles. The summed E-state index contributed by atoms with van der Waals surface area (Å²) in [4.78, 5) is 0. The Morgan fingerprint density at radius 2 is 1.92 bits per heavy atom. The second-order valence-corrected chi connectivity index (χ2v) is 3.21. The smallest absolute Gasteiger partial charge is 0.0997 e. The lowest BCUT2D eigenvalue weighted by Gasteiger charge is -2.09. The Morgan fingerprint density at radius 3 is 2.38 bits per heavy atom. The van der Waals surface area contributed by atoms with Crippen LogP contribution in [0.1, 0.15) is 36.1 Å². The third kappa shape index (κ3) is 1.72. The number of hydrogen-bond acceptors (Lipinski definition) is 1. The van der Waals surface area contributed by atoms with E-state index in [2.05, 4.69) is 39.0 Å². The zero-order valence-corrected chi connectivity index (χ0v) is 8.52. The van der Waals surface area contributed by atoms with E-state index in [1.54, 1.807) is 0 Å². The van der Waals surface area contributed by atoms with Gasteiger partial charge in [-0.25, -0.2) is 0 Å². The molecule has 0 aliphatic heterocycles. The molecule has 0 radical (unpaired) electrons. The average Bonchev–Trinajstić information content (AvgIpc) is 2.17. The van der Waals surface area contributed by atoms with Gasteiger partial charge >= 0.3 is 0 Å². The van der Waals surface area contributed by atoms with E-state index in [0.29, 0.717) is 0 Å². The number of nitriles is 1. The quantitative estimate of drug-likeness (QED) is 0.674. The predicted octanol–water partition coefficient (Wildman–Crippen LogP) is 2.99. The molecule has 68 valence electrons. The molecule has 1 nitrogen and oxygen atoms in total. The molecule has 0 saturated carbocycles. The van der Waals surface area contributed by atoms with E-state index in [-0.39, 0.29) is 0 Å². The van der Waals surface area contributed by atoms with Gasteiger partial charge in [0, 0.05) is 0 Å². The summed E-state index contributed by atoms with van der Waals surface area (Å²) in [6.07, 6.45) is 1.89. The fourth-order valence-corrected chi connectivity index (χ4v) is 1.69. The lowest BCUT2D eigenvalue weighted by molar-refractivity contribution is 1.05. The Balaban J connectivity index is 3.39. The van der Waals surface area contributed by atoms with Crippen LogP contribution in [0.15, 0.2) is 12.1 Å².